The second-order valence-electron chi connectivity index (χ2n) is 8.18. The van der Waals surface area contributed by atoms with Crippen molar-refractivity contribution in [2.75, 3.05) is 26.2 Å². The van der Waals surface area contributed by atoms with E-state index in [1.807, 2.05) is 35.3 Å². The summed E-state index contributed by atoms with van der Waals surface area (Å²) >= 11 is 0. The number of carbonyl (C=O) groups excluding carboxylic acids is 2. The first-order valence-electron chi connectivity index (χ1n) is 9.89. The first-order chi connectivity index (χ1) is 12.8. The lowest BCUT2D eigenvalue weighted by Gasteiger charge is -2.47. The van der Waals surface area contributed by atoms with E-state index in [2.05, 4.69) is 16.7 Å². The molecule has 2 saturated heterocycles. The first kappa shape index (κ1) is 19.6. The van der Waals surface area contributed by atoms with Crippen LogP contribution in [-0.2, 0) is 16.1 Å². The molecule has 1 spiro atoms. The summed E-state index contributed by atoms with van der Waals surface area (Å²) in [5.74, 6) is 1.88. The Morgan fingerprint density at radius 1 is 1.30 bits per heavy atom. The smallest absolute Gasteiger partial charge is 0.227 e. The summed E-state index contributed by atoms with van der Waals surface area (Å²) in [6, 6.07) is 0. The van der Waals surface area contributed by atoms with Gasteiger partial charge in [-0.2, -0.15) is 5.10 Å². The molecule has 1 aromatic heterocycles. The van der Waals surface area contributed by atoms with Crippen LogP contribution in [0.2, 0.25) is 0 Å². The van der Waals surface area contributed by atoms with Gasteiger partial charge >= 0.3 is 0 Å². The number of likely N-dealkylation sites (tertiary alicyclic amines) is 2. The summed E-state index contributed by atoms with van der Waals surface area (Å²) in [6.07, 6.45) is 5.28. The maximum absolute atomic E-state index is 12.9. The van der Waals surface area contributed by atoms with Crippen LogP contribution >= 0.6 is 0 Å². The number of piperidine rings is 2. The molecule has 2 fully saturated rings. The Hall–Kier alpha value is -2.18. The summed E-state index contributed by atoms with van der Waals surface area (Å²) in [5.41, 5.74) is 0.163. The summed E-state index contributed by atoms with van der Waals surface area (Å²) < 4.78 is 1.82. The summed E-state index contributed by atoms with van der Waals surface area (Å²) in [4.78, 5) is 33.2. The molecular weight excluding hydrogens is 342 g/mol. The van der Waals surface area contributed by atoms with Crippen LogP contribution in [-0.4, -0.2) is 62.6 Å². The molecule has 0 radical (unpaired) electrons. The minimum atomic E-state index is -0.121. The molecule has 0 aliphatic carbocycles. The van der Waals surface area contributed by atoms with Crippen LogP contribution in [0.25, 0.3) is 0 Å². The molecule has 0 saturated carbocycles. The Balaban J connectivity index is 1.56. The molecule has 1 aromatic rings. The van der Waals surface area contributed by atoms with E-state index in [9.17, 15) is 9.59 Å². The molecule has 1 atom stereocenters. The molecule has 0 aromatic carbocycles. The quantitative estimate of drug-likeness (QED) is 0.740. The SMILES string of the molecule is C=CCN1CC2(CCC1=O)CCN(C(=O)[C@@H](C)Cn1nc(C)nc1C)CC2. The van der Waals surface area contributed by atoms with E-state index in [-0.39, 0.29) is 23.1 Å². The second kappa shape index (κ2) is 7.82. The van der Waals surface area contributed by atoms with Crippen LogP contribution in [0.5, 0.6) is 0 Å². The molecule has 2 aliphatic rings. The standard InChI is InChI=1S/C20H31N5O2/c1-5-10-24-14-20(7-6-18(24)26)8-11-23(12-9-20)19(27)15(2)13-25-17(4)21-16(3)22-25/h5,15H,1,6-14H2,2-4H3/t15-/m0/s1. The van der Waals surface area contributed by atoms with Crippen molar-refractivity contribution in [3.05, 3.63) is 24.3 Å². The summed E-state index contributed by atoms with van der Waals surface area (Å²) in [7, 11) is 0. The van der Waals surface area contributed by atoms with Crippen molar-refractivity contribution in [2.24, 2.45) is 11.3 Å². The van der Waals surface area contributed by atoms with Gasteiger partial charge in [0.2, 0.25) is 11.8 Å². The second-order valence-corrected chi connectivity index (χ2v) is 8.18. The zero-order chi connectivity index (χ0) is 19.6. The number of aryl methyl sites for hydroxylation is 2. The Morgan fingerprint density at radius 3 is 2.59 bits per heavy atom. The van der Waals surface area contributed by atoms with E-state index in [0.29, 0.717) is 19.5 Å². The average molecular weight is 374 g/mol. The lowest BCUT2D eigenvalue weighted by atomic mass is 9.72. The minimum absolute atomic E-state index is 0.121. The van der Waals surface area contributed by atoms with Crippen LogP contribution in [0.1, 0.15) is 44.3 Å². The largest absolute Gasteiger partial charge is 0.342 e. The fourth-order valence-electron chi connectivity index (χ4n) is 4.42. The van der Waals surface area contributed by atoms with Gasteiger partial charge in [0.25, 0.3) is 0 Å². The van der Waals surface area contributed by atoms with Gasteiger partial charge in [0.1, 0.15) is 11.6 Å². The highest BCUT2D eigenvalue weighted by atomic mass is 16.2. The van der Waals surface area contributed by atoms with Gasteiger partial charge in [-0.1, -0.05) is 13.0 Å². The molecule has 148 valence electrons. The van der Waals surface area contributed by atoms with E-state index in [0.717, 1.165) is 50.5 Å². The maximum atomic E-state index is 12.9. The van der Waals surface area contributed by atoms with Crippen molar-refractivity contribution in [3.63, 3.8) is 0 Å². The number of nitrogens with zero attached hydrogens (tertiary/aromatic N) is 5. The molecule has 0 unspecified atom stereocenters. The van der Waals surface area contributed by atoms with E-state index >= 15 is 0 Å². The van der Waals surface area contributed by atoms with Crippen molar-refractivity contribution in [1.82, 2.24) is 24.6 Å². The molecule has 3 heterocycles. The third-order valence-corrected chi connectivity index (χ3v) is 6.06. The predicted molar refractivity (Wildman–Crippen MR) is 103 cm³/mol. The monoisotopic (exact) mass is 373 g/mol. The highest BCUT2D eigenvalue weighted by Gasteiger charge is 2.41. The number of amides is 2. The maximum Gasteiger partial charge on any atom is 0.227 e. The van der Waals surface area contributed by atoms with E-state index in [4.69, 9.17) is 0 Å². The number of carbonyl (C=O) groups is 2. The fraction of sp³-hybridized carbons (Fsp3) is 0.700. The van der Waals surface area contributed by atoms with Crippen molar-refractivity contribution in [1.29, 1.82) is 0 Å². The van der Waals surface area contributed by atoms with Gasteiger partial charge in [0, 0.05) is 32.6 Å². The molecule has 0 N–H and O–H groups in total. The van der Waals surface area contributed by atoms with Gasteiger partial charge in [-0.05, 0) is 38.5 Å². The average Bonchev–Trinajstić information content (AvgIpc) is 2.95. The van der Waals surface area contributed by atoms with Gasteiger partial charge in [-0.15, -0.1) is 6.58 Å². The summed E-state index contributed by atoms with van der Waals surface area (Å²) in [6.45, 7) is 13.0. The zero-order valence-electron chi connectivity index (χ0n) is 16.8. The van der Waals surface area contributed by atoms with Crippen molar-refractivity contribution < 1.29 is 9.59 Å². The number of rotatable bonds is 5. The van der Waals surface area contributed by atoms with Crippen LogP contribution in [0.15, 0.2) is 12.7 Å². The zero-order valence-corrected chi connectivity index (χ0v) is 16.8. The van der Waals surface area contributed by atoms with E-state index in [1.54, 1.807) is 6.08 Å². The molecule has 27 heavy (non-hydrogen) atoms. The lowest BCUT2D eigenvalue weighted by molar-refractivity contribution is -0.143. The lowest BCUT2D eigenvalue weighted by Crippen LogP contribution is -2.53. The Kier molecular flexibility index (Phi) is 5.67. The van der Waals surface area contributed by atoms with Crippen molar-refractivity contribution in [3.8, 4) is 0 Å². The summed E-state index contributed by atoms with van der Waals surface area (Å²) in [5, 5.41) is 4.37. The number of hydrogen-bond donors (Lipinski definition) is 0. The molecule has 2 amide bonds. The van der Waals surface area contributed by atoms with Crippen molar-refractivity contribution in [2.45, 2.75) is 53.0 Å². The van der Waals surface area contributed by atoms with Crippen LogP contribution in [0.4, 0.5) is 0 Å². The molecule has 0 bridgehead atoms. The van der Waals surface area contributed by atoms with Gasteiger partial charge < -0.3 is 9.80 Å². The van der Waals surface area contributed by atoms with Gasteiger partial charge in [0.15, 0.2) is 0 Å². The van der Waals surface area contributed by atoms with Crippen LogP contribution < -0.4 is 0 Å². The third-order valence-electron chi connectivity index (χ3n) is 6.06. The Morgan fingerprint density at radius 2 is 2.00 bits per heavy atom. The highest BCUT2D eigenvalue weighted by Crippen LogP contribution is 2.40. The molecule has 7 heteroatoms. The number of aromatic nitrogens is 3. The topological polar surface area (TPSA) is 71.3 Å². The minimum Gasteiger partial charge on any atom is -0.342 e. The van der Waals surface area contributed by atoms with Gasteiger partial charge in [0.05, 0.1) is 12.5 Å². The molecule has 7 nitrogen and oxygen atoms in total. The normalized spacial score (nSPS) is 20.8. The van der Waals surface area contributed by atoms with E-state index in [1.165, 1.54) is 0 Å². The molecule has 2 aliphatic heterocycles. The third kappa shape index (κ3) is 4.22. The first-order valence-corrected chi connectivity index (χ1v) is 9.89. The van der Waals surface area contributed by atoms with E-state index < -0.39 is 0 Å². The van der Waals surface area contributed by atoms with Crippen LogP contribution in [0.3, 0.4) is 0 Å². The molecule has 3 rings (SSSR count). The highest BCUT2D eigenvalue weighted by molar-refractivity contribution is 5.79. The number of hydrogen-bond acceptors (Lipinski definition) is 4. The Labute approximate surface area is 161 Å². The Bertz CT molecular complexity index is 718. The van der Waals surface area contributed by atoms with Crippen molar-refractivity contribution >= 4 is 11.8 Å². The predicted octanol–water partition coefficient (Wildman–Crippen LogP) is 1.95. The van der Waals surface area contributed by atoms with Gasteiger partial charge in [-0.25, -0.2) is 9.67 Å². The molecular formula is C20H31N5O2. The fourth-order valence-corrected chi connectivity index (χ4v) is 4.42. The van der Waals surface area contributed by atoms with Gasteiger partial charge in [-0.3, -0.25) is 9.59 Å². The van der Waals surface area contributed by atoms with Crippen LogP contribution in [0, 0.1) is 25.2 Å².